The Hall–Kier alpha value is -0.620. The summed E-state index contributed by atoms with van der Waals surface area (Å²) in [6.07, 6.45) is 0.782. The molecule has 0 heterocycles. The first-order valence-corrected chi connectivity index (χ1v) is 3.53. The molecule has 2 nitrogen and oxygen atoms in total. The van der Waals surface area contributed by atoms with E-state index in [4.69, 9.17) is 11.0 Å². The number of nitrogens with two attached hydrogens (primary N) is 1. The molecule has 1 aliphatic rings. The number of nitriles is 1. The van der Waals surface area contributed by atoms with Crippen molar-refractivity contribution < 1.29 is 4.39 Å². The van der Waals surface area contributed by atoms with Crippen molar-refractivity contribution >= 4 is 0 Å². The molecular weight excluding hydrogens is 131 g/mol. The monoisotopic (exact) mass is 142 g/mol. The first kappa shape index (κ1) is 7.49. The Kier molecular flexibility index (Phi) is 2.23. The minimum Gasteiger partial charge on any atom is -0.328 e. The van der Waals surface area contributed by atoms with Gasteiger partial charge in [0, 0.05) is 6.04 Å². The smallest absolute Gasteiger partial charge is 0.117 e. The molecule has 1 aliphatic carbocycles. The first-order valence-electron chi connectivity index (χ1n) is 3.53. The lowest BCUT2D eigenvalue weighted by Crippen LogP contribution is -2.33. The maximum absolute atomic E-state index is 12.8. The van der Waals surface area contributed by atoms with Gasteiger partial charge in [0.1, 0.15) is 6.17 Å². The maximum atomic E-state index is 12.8. The normalized spacial score (nSPS) is 40.7. The second kappa shape index (κ2) is 2.98. The van der Waals surface area contributed by atoms with Crippen LogP contribution in [-0.4, -0.2) is 12.2 Å². The van der Waals surface area contributed by atoms with Crippen LogP contribution < -0.4 is 5.73 Å². The van der Waals surface area contributed by atoms with Crippen LogP contribution in [0.3, 0.4) is 0 Å². The van der Waals surface area contributed by atoms with E-state index in [-0.39, 0.29) is 6.04 Å². The Balaban J connectivity index is 2.45. The molecule has 0 aromatic rings. The van der Waals surface area contributed by atoms with Crippen molar-refractivity contribution in [2.75, 3.05) is 0 Å². The molecule has 0 spiro atoms. The molecule has 1 fully saturated rings. The van der Waals surface area contributed by atoms with Crippen LogP contribution in [0.25, 0.3) is 0 Å². The summed E-state index contributed by atoms with van der Waals surface area (Å²) in [5.74, 6) is -0.403. The van der Waals surface area contributed by atoms with Crippen LogP contribution in [0.1, 0.15) is 19.3 Å². The number of halogens is 1. The van der Waals surface area contributed by atoms with Crippen molar-refractivity contribution in [3.8, 4) is 6.07 Å². The Morgan fingerprint density at radius 1 is 1.50 bits per heavy atom. The fourth-order valence-corrected chi connectivity index (χ4v) is 1.29. The van der Waals surface area contributed by atoms with E-state index in [1.807, 2.05) is 6.07 Å². The molecule has 1 rings (SSSR count). The van der Waals surface area contributed by atoms with Crippen LogP contribution in [0.2, 0.25) is 0 Å². The molecule has 3 unspecified atom stereocenters. The van der Waals surface area contributed by atoms with Gasteiger partial charge in [0.25, 0.3) is 0 Å². The minimum absolute atomic E-state index is 0.0281. The second-order valence-electron chi connectivity index (χ2n) is 2.82. The van der Waals surface area contributed by atoms with Crippen LogP contribution in [0.15, 0.2) is 0 Å². The molecule has 0 amide bonds. The van der Waals surface area contributed by atoms with Gasteiger partial charge < -0.3 is 5.73 Å². The van der Waals surface area contributed by atoms with Gasteiger partial charge in [0.05, 0.1) is 12.0 Å². The van der Waals surface area contributed by atoms with E-state index in [0.717, 1.165) is 6.42 Å². The highest BCUT2D eigenvalue weighted by Crippen LogP contribution is 2.25. The highest BCUT2D eigenvalue weighted by Gasteiger charge is 2.28. The van der Waals surface area contributed by atoms with Gasteiger partial charge in [-0.3, -0.25) is 0 Å². The van der Waals surface area contributed by atoms with Crippen LogP contribution in [-0.2, 0) is 0 Å². The molecule has 10 heavy (non-hydrogen) atoms. The van der Waals surface area contributed by atoms with Gasteiger partial charge in [-0.2, -0.15) is 5.26 Å². The molecule has 0 saturated heterocycles. The molecule has 0 aromatic heterocycles. The Bertz CT molecular complexity index is 152. The third-order valence-corrected chi connectivity index (χ3v) is 1.98. The first-order chi connectivity index (χ1) is 4.74. The van der Waals surface area contributed by atoms with E-state index in [0.29, 0.717) is 12.8 Å². The van der Waals surface area contributed by atoms with Gasteiger partial charge in [-0.15, -0.1) is 0 Å². The summed E-state index contributed by atoms with van der Waals surface area (Å²) >= 11 is 0. The molecule has 0 aliphatic heterocycles. The van der Waals surface area contributed by atoms with Gasteiger partial charge in [-0.25, -0.2) is 4.39 Å². The van der Waals surface area contributed by atoms with Gasteiger partial charge in [-0.05, 0) is 19.3 Å². The summed E-state index contributed by atoms with van der Waals surface area (Å²) in [5, 5.41) is 8.42. The van der Waals surface area contributed by atoms with E-state index in [2.05, 4.69) is 0 Å². The fraction of sp³-hybridized carbons (Fsp3) is 0.857. The Morgan fingerprint density at radius 2 is 2.20 bits per heavy atom. The van der Waals surface area contributed by atoms with E-state index in [1.165, 1.54) is 0 Å². The quantitative estimate of drug-likeness (QED) is 0.548. The number of hydrogen-bond donors (Lipinski definition) is 1. The summed E-state index contributed by atoms with van der Waals surface area (Å²) in [6, 6.07) is 1.92. The number of alkyl halides is 1. The van der Waals surface area contributed by atoms with E-state index < -0.39 is 12.1 Å². The molecule has 3 atom stereocenters. The summed E-state index contributed by atoms with van der Waals surface area (Å²) in [5.41, 5.74) is 5.49. The Morgan fingerprint density at radius 3 is 2.70 bits per heavy atom. The lowest BCUT2D eigenvalue weighted by atomic mass is 9.86. The summed E-state index contributed by atoms with van der Waals surface area (Å²) in [7, 11) is 0. The topological polar surface area (TPSA) is 49.8 Å². The standard InChI is InChI=1S/C7H11FN2/c8-7-3-6(10)2-1-5(7)4-9/h5-7H,1-3,10H2. The van der Waals surface area contributed by atoms with Gasteiger partial charge in [0.2, 0.25) is 0 Å². The van der Waals surface area contributed by atoms with Gasteiger partial charge >= 0.3 is 0 Å². The van der Waals surface area contributed by atoms with Crippen molar-refractivity contribution in [2.45, 2.75) is 31.5 Å². The number of nitrogens with zero attached hydrogens (tertiary/aromatic N) is 1. The van der Waals surface area contributed by atoms with Gasteiger partial charge in [-0.1, -0.05) is 0 Å². The number of hydrogen-bond acceptors (Lipinski definition) is 2. The highest BCUT2D eigenvalue weighted by atomic mass is 19.1. The van der Waals surface area contributed by atoms with Crippen LogP contribution in [0.5, 0.6) is 0 Å². The second-order valence-corrected chi connectivity index (χ2v) is 2.82. The van der Waals surface area contributed by atoms with E-state index in [1.54, 1.807) is 0 Å². The molecule has 0 bridgehead atoms. The van der Waals surface area contributed by atoms with Crippen LogP contribution in [0, 0.1) is 17.2 Å². The maximum Gasteiger partial charge on any atom is 0.117 e. The molecule has 1 saturated carbocycles. The summed E-state index contributed by atoms with van der Waals surface area (Å²) in [6.45, 7) is 0. The molecule has 3 heteroatoms. The van der Waals surface area contributed by atoms with Crippen molar-refractivity contribution in [2.24, 2.45) is 11.7 Å². The van der Waals surface area contributed by atoms with Crippen LogP contribution in [0.4, 0.5) is 4.39 Å². The number of rotatable bonds is 0. The van der Waals surface area contributed by atoms with E-state index in [9.17, 15) is 4.39 Å². The Labute approximate surface area is 59.8 Å². The van der Waals surface area contributed by atoms with Crippen molar-refractivity contribution in [1.82, 2.24) is 0 Å². The van der Waals surface area contributed by atoms with Crippen molar-refractivity contribution in [1.29, 1.82) is 5.26 Å². The zero-order valence-corrected chi connectivity index (χ0v) is 5.76. The lowest BCUT2D eigenvalue weighted by Gasteiger charge is -2.24. The van der Waals surface area contributed by atoms with Gasteiger partial charge in [0.15, 0.2) is 0 Å². The highest BCUT2D eigenvalue weighted by molar-refractivity contribution is 4.94. The van der Waals surface area contributed by atoms with E-state index >= 15 is 0 Å². The minimum atomic E-state index is -0.992. The van der Waals surface area contributed by atoms with Crippen molar-refractivity contribution in [3.05, 3.63) is 0 Å². The lowest BCUT2D eigenvalue weighted by molar-refractivity contribution is 0.187. The average molecular weight is 142 g/mol. The predicted octanol–water partition coefficient (Wildman–Crippen LogP) is 0.975. The van der Waals surface area contributed by atoms with Crippen molar-refractivity contribution in [3.63, 3.8) is 0 Å². The molecule has 0 aromatic carbocycles. The predicted molar refractivity (Wildman–Crippen MR) is 35.8 cm³/mol. The zero-order chi connectivity index (χ0) is 7.56. The largest absolute Gasteiger partial charge is 0.328 e. The summed E-state index contributed by atoms with van der Waals surface area (Å²) < 4.78 is 12.8. The third kappa shape index (κ3) is 1.45. The zero-order valence-electron chi connectivity index (χ0n) is 5.76. The molecule has 2 N–H and O–H groups in total. The fourth-order valence-electron chi connectivity index (χ4n) is 1.29. The average Bonchev–Trinajstić information content (AvgIpc) is 1.88. The van der Waals surface area contributed by atoms with Crippen LogP contribution >= 0.6 is 0 Å². The SMILES string of the molecule is N#CC1CCC(N)CC1F. The molecular formula is C7H11FN2. The molecule has 0 radical (unpaired) electrons. The molecule has 56 valence electrons. The third-order valence-electron chi connectivity index (χ3n) is 1.98. The summed E-state index contributed by atoms with van der Waals surface area (Å²) in [4.78, 5) is 0.